The van der Waals surface area contributed by atoms with Crippen molar-refractivity contribution >= 4 is 0 Å². The van der Waals surface area contributed by atoms with Gasteiger partial charge in [0.1, 0.15) is 0 Å². The molecule has 1 radical (unpaired) electrons. The molecule has 0 heteroatoms. The lowest BCUT2D eigenvalue weighted by Gasteiger charge is -2.17. The molecule has 0 unspecified atom stereocenters. The molecule has 0 spiro atoms. The van der Waals surface area contributed by atoms with Gasteiger partial charge < -0.3 is 0 Å². The quantitative estimate of drug-likeness (QED) is 0.0570. The lowest BCUT2D eigenvalue weighted by Crippen LogP contribution is -2.03. The maximum absolute atomic E-state index is 4.55. The van der Waals surface area contributed by atoms with Crippen LogP contribution >= 0.6 is 0 Å². The van der Waals surface area contributed by atoms with Gasteiger partial charge in [-0.15, -0.1) is 0 Å². The molecule has 0 fully saturated rings. The largest absolute Gasteiger partial charge is 0.0654 e. The Morgan fingerprint density at radius 2 is 0.304 bits per heavy atom. The predicted octanol–water partition coefficient (Wildman–Crippen LogP) is 29.3. The fourth-order valence-corrected chi connectivity index (χ4v) is 13.4. The summed E-state index contributed by atoms with van der Waals surface area (Å²) in [6, 6.07) is 5.01. The molecule has 0 aliphatic carbocycles. The predicted molar refractivity (Wildman–Crippen MR) is 364 cm³/mol. The summed E-state index contributed by atoms with van der Waals surface area (Å²) in [6.07, 6.45) is 100. The van der Waals surface area contributed by atoms with E-state index in [4.69, 9.17) is 0 Å². The van der Waals surface area contributed by atoms with Crippen LogP contribution in [0.15, 0.2) is 12.1 Å². The molecule has 0 heterocycles. The first-order chi connectivity index (χ1) is 39.2. The first-order valence-electron chi connectivity index (χ1n) is 38.2. The van der Waals surface area contributed by atoms with Crippen molar-refractivity contribution in [3.63, 3.8) is 0 Å². The highest BCUT2D eigenvalue weighted by Crippen LogP contribution is 2.27. The Balaban J connectivity index is 2.29. The number of hydrogen-bond acceptors (Lipinski definition) is 0. The second-order valence-electron chi connectivity index (χ2n) is 26.9. The van der Waals surface area contributed by atoms with E-state index in [1.165, 1.54) is 449 Å². The fourth-order valence-electron chi connectivity index (χ4n) is 13.4. The molecule has 79 heavy (non-hydrogen) atoms. The Morgan fingerprint density at radius 3 is 0.456 bits per heavy atom. The third-order valence-corrected chi connectivity index (χ3v) is 18.9. The van der Waals surface area contributed by atoms with E-state index in [0.29, 0.717) is 0 Å². The van der Waals surface area contributed by atoms with E-state index in [9.17, 15) is 0 Å². The van der Waals surface area contributed by atoms with Crippen LogP contribution in [0.2, 0.25) is 0 Å². The highest BCUT2D eigenvalue weighted by molar-refractivity contribution is 5.41. The topological polar surface area (TPSA) is 0 Å². The van der Waals surface area contributed by atoms with Crippen molar-refractivity contribution in [2.24, 2.45) is 0 Å². The molecule has 0 saturated carbocycles. The molecular formula is C79H151. The molecule has 0 aliphatic heterocycles. The molecule has 0 aliphatic rings. The van der Waals surface area contributed by atoms with Gasteiger partial charge in [0.25, 0.3) is 0 Å². The molecular weight excluding hydrogens is 949 g/mol. The van der Waals surface area contributed by atoms with Crippen LogP contribution in [0.4, 0.5) is 0 Å². The van der Waals surface area contributed by atoms with Crippen molar-refractivity contribution in [3.8, 4) is 0 Å². The third-order valence-electron chi connectivity index (χ3n) is 18.9. The molecule has 0 saturated heterocycles. The van der Waals surface area contributed by atoms with Gasteiger partial charge >= 0.3 is 0 Å². The van der Waals surface area contributed by atoms with Crippen LogP contribution in [0.25, 0.3) is 0 Å². The normalized spacial score (nSPS) is 11.7. The Hall–Kier alpha value is -0.780. The molecule has 0 N–H and O–H groups in total. The zero-order valence-corrected chi connectivity index (χ0v) is 55.7. The van der Waals surface area contributed by atoms with Gasteiger partial charge in [-0.2, -0.15) is 0 Å². The van der Waals surface area contributed by atoms with E-state index in [2.05, 4.69) is 39.8 Å². The molecule has 1 aromatic rings. The van der Waals surface area contributed by atoms with Crippen molar-refractivity contribution in [1.29, 1.82) is 0 Å². The van der Waals surface area contributed by atoms with Crippen LogP contribution in [-0.4, -0.2) is 0 Å². The molecule has 0 bridgehead atoms. The number of benzene rings is 1. The Kier molecular flexibility index (Phi) is 64.0. The van der Waals surface area contributed by atoms with Crippen LogP contribution in [0.3, 0.4) is 0 Å². The second-order valence-corrected chi connectivity index (χ2v) is 26.9. The summed E-state index contributed by atoms with van der Waals surface area (Å²) in [5, 5.41) is 0. The summed E-state index contributed by atoms with van der Waals surface area (Å²) in [6.45, 7) is 11.5. The van der Waals surface area contributed by atoms with Gasteiger partial charge in [0, 0.05) is 0 Å². The minimum absolute atomic E-state index is 1.28. The van der Waals surface area contributed by atoms with Crippen LogP contribution < -0.4 is 0 Å². The van der Waals surface area contributed by atoms with Gasteiger partial charge in [-0.3, -0.25) is 0 Å². The van der Waals surface area contributed by atoms with E-state index in [0.717, 1.165) is 0 Å². The number of unbranched alkanes of at least 4 members (excludes halogenated alkanes) is 63. The standard InChI is InChI=1S/C79H151/c1-5-8-11-14-17-20-23-26-29-32-35-38-41-44-47-50-53-56-59-62-65-68-71-77-74-76(4)75-78(72-69-66-63-60-57-54-51-48-45-42-39-36-33-30-27-24-21-18-15-12-9-6-2)79(77)73-70-67-64-61-58-55-52-49-46-43-40-37-34-31-28-25-22-19-16-13-10-7-3/h74-75H,4-73H2,1-3H3. The fraction of sp³-hybridized carbons (Fsp3) is 0.911. The summed E-state index contributed by atoms with van der Waals surface area (Å²) in [4.78, 5) is 0. The van der Waals surface area contributed by atoms with Gasteiger partial charge in [-0.25, -0.2) is 0 Å². The van der Waals surface area contributed by atoms with E-state index >= 15 is 0 Å². The Labute approximate surface area is 502 Å². The van der Waals surface area contributed by atoms with Gasteiger partial charge in [-0.1, -0.05) is 437 Å². The minimum Gasteiger partial charge on any atom is -0.0654 e. The molecule has 1 rings (SSSR count). The van der Waals surface area contributed by atoms with Crippen LogP contribution in [0.1, 0.15) is 467 Å². The van der Waals surface area contributed by atoms with Crippen molar-refractivity contribution in [1.82, 2.24) is 0 Å². The molecule has 0 amide bonds. The molecule has 1 aromatic carbocycles. The molecule has 0 nitrogen and oxygen atoms in total. The maximum atomic E-state index is 4.55. The lowest BCUT2D eigenvalue weighted by atomic mass is 9.88. The highest BCUT2D eigenvalue weighted by atomic mass is 14.2. The average molecular weight is 1100 g/mol. The average Bonchev–Trinajstić information content (AvgIpc) is 3.46. The Morgan fingerprint density at radius 1 is 0.177 bits per heavy atom. The lowest BCUT2D eigenvalue weighted by molar-refractivity contribution is 0.518. The first kappa shape index (κ1) is 76.2. The maximum Gasteiger partial charge on any atom is -0.0238 e. The van der Waals surface area contributed by atoms with E-state index < -0.39 is 0 Å². The van der Waals surface area contributed by atoms with Gasteiger partial charge in [-0.05, 0) is 67.7 Å². The smallest absolute Gasteiger partial charge is 0.0238 e. The molecule has 0 aromatic heterocycles. The zero-order chi connectivity index (χ0) is 56.5. The van der Waals surface area contributed by atoms with Crippen molar-refractivity contribution < 1.29 is 0 Å². The van der Waals surface area contributed by atoms with Gasteiger partial charge in [0.15, 0.2) is 0 Å². The number of rotatable bonds is 69. The molecule has 0 atom stereocenters. The van der Waals surface area contributed by atoms with Crippen LogP contribution in [0.5, 0.6) is 0 Å². The van der Waals surface area contributed by atoms with Gasteiger partial charge in [0.2, 0.25) is 0 Å². The summed E-state index contributed by atoms with van der Waals surface area (Å²) >= 11 is 0. The second kappa shape index (κ2) is 66.4. The monoisotopic (exact) mass is 1100 g/mol. The van der Waals surface area contributed by atoms with Crippen LogP contribution in [-0.2, 0) is 19.3 Å². The summed E-state index contributed by atoms with van der Waals surface area (Å²) in [5.74, 6) is 0. The zero-order valence-electron chi connectivity index (χ0n) is 55.7. The third kappa shape index (κ3) is 57.4. The summed E-state index contributed by atoms with van der Waals surface area (Å²) < 4.78 is 0. The number of aryl methyl sites for hydroxylation is 2. The van der Waals surface area contributed by atoms with Crippen LogP contribution in [0, 0.1) is 6.92 Å². The SMILES string of the molecule is [CH2]c1cc(CCCCCCCCCCCCCCCCCCCCCCCC)c(CCCCCCCCCCCCCCCCCCCCCCCC)c(CCCCCCCCCCCCCCCCCCCCCCCC)c1. The van der Waals surface area contributed by atoms with Crippen molar-refractivity contribution in [2.45, 2.75) is 464 Å². The summed E-state index contributed by atoms with van der Waals surface area (Å²) in [7, 11) is 0. The van der Waals surface area contributed by atoms with Crippen molar-refractivity contribution in [3.05, 3.63) is 41.3 Å². The highest BCUT2D eigenvalue weighted by Gasteiger charge is 2.11. The van der Waals surface area contributed by atoms with Gasteiger partial charge in [0.05, 0.1) is 0 Å². The van der Waals surface area contributed by atoms with E-state index in [-0.39, 0.29) is 0 Å². The van der Waals surface area contributed by atoms with E-state index in [1.54, 1.807) is 16.7 Å². The minimum atomic E-state index is 1.28. The summed E-state index contributed by atoms with van der Waals surface area (Å²) in [5.41, 5.74) is 6.39. The number of hydrogen-bond donors (Lipinski definition) is 0. The first-order valence-corrected chi connectivity index (χ1v) is 38.2. The van der Waals surface area contributed by atoms with Crippen molar-refractivity contribution in [2.75, 3.05) is 0 Å². The Bertz CT molecular complexity index is 1190. The van der Waals surface area contributed by atoms with E-state index in [1.807, 2.05) is 0 Å². The molecule has 467 valence electrons.